The smallest absolute Gasteiger partial charge is 0.147 e. The summed E-state index contributed by atoms with van der Waals surface area (Å²) in [5.74, 6) is 3.20. The van der Waals surface area contributed by atoms with E-state index in [-0.39, 0.29) is 6.04 Å². The molecule has 7 nitrogen and oxygen atoms in total. The number of hydrogen-bond donors (Lipinski definition) is 1. The van der Waals surface area contributed by atoms with Crippen LogP contribution < -0.4 is 15.0 Å². The van der Waals surface area contributed by atoms with Gasteiger partial charge in [-0.1, -0.05) is 35.9 Å². The Morgan fingerprint density at radius 1 is 0.971 bits per heavy atom. The molecule has 0 amide bonds. The van der Waals surface area contributed by atoms with Gasteiger partial charge in [-0.25, -0.2) is 15.0 Å². The van der Waals surface area contributed by atoms with Crippen molar-refractivity contribution in [1.82, 2.24) is 19.4 Å². The highest BCUT2D eigenvalue weighted by atomic mass is 16.5. The van der Waals surface area contributed by atoms with Crippen LogP contribution in [0.15, 0.2) is 60.8 Å². The summed E-state index contributed by atoms with van der Waals surface area (Å²) in [6.07, 6.45) is 2.04. The second-order valence-electron chi connectivity index (χ2n) is 9.13. The van der Waals surface area contributed by atoms with E-state index in [1.165, 1.54) is 11.1 Å². The number of pyridine rings is 1. The molecule has 0 bridgehead atoms. The van der Waals surface area contributed by atoms with Crippen LogP contribution in [0.1, 0.15) is 29.9 Å². The first-order valence-electron chi connectivity index (χ1n) is 11.7. The second-order valence-corrected chi connectivity index (χ2v) is 9.13. The number of fused-ring (bicyclic) bond motifs is 2. The third kappa shape index (κ3) is 4.37. The number of anilines is 2. The summed E-state index contributed by atoms with van der Waals surface area (Å²) < 4.78 is 7.68. The Hall–Kier alpha value is -4.13. The molecular weight excluding hydrogens is 436 g/mol. The summed E-state index contributed by atoms with van der Waals surface area (Å²) in [5.41, 5.74) is 6.20. The molecule has 178 valence electrons. The highest BCUT2D eigenvalue weighted by Gasteiger charge is 2.15. The molecule has 3 heterocycles. The lowest BCUT2D eigenvalue weighted by Gasteiger charge is -2.18. The number of imidazole rings is 1. The number of hydrogen-bond acceptors (Lipinski definition) is 6. The van der Waals surface area contributed by atoms with Gasteiger partial charge >= 0.3 is 0 Å². The number of nitrogens with zero attached hydrogens (tertiary/aromatic N) is 5. The van der Waals surface area contributed by atoms with Gasteiger partial charge in [0.1, 0.15) is 28.9 Å². The highest BCUT2D eigenvalue weighted by Crippen LogP contribution is 2.32. The minimum absolute atomic E-state index is 0.0934. The number of benzene rings is 2. The molecule has 0 spiro atoms. The normalized spacial score (nSPS) is 12.2. The van der Waals surface area contributed by atoms with Gasteiger partial charge in [-0.05, 0) is 44.0 Å². The predicted octanol–water partition coefficient (Wildman–Crippen LogP) is 5.81. The zero-order chi connectivity index (χ0) is 24.7. The van der Waals surface area contributed by atoms with Crippen molar-refractivity contribution in [2.45, 2.75) is 26.8 Å². The summed E-state index contributed by atoms with van der Waals surface area (Å²) in [5, 5.41) is 4.59. The molecule has 0 aliphatic carbocycles. The first kappa shape index (κ1) is 22.7. The van der Waals surface area contributed by atoms with Crippen molar-refractivity contribution >= 4 is 28.2 Å². The van der Waals surface area contributed by atoms with Crippen LogP contribution >= 0.6 is 0 Å². The maximum Gasteiger partial charge on any atom is 0.147 e. The van der Waals surface area contributed by atoms with Gasteiger partial charge in [-0.15, -0.1) is 0 Å². The van der Waals surface area contributed by atoms with E-state index in [4.69, 9.17) is 14.7 Å². The standard InChI is InChI=1S/C28H30N6O/c1-17-8-7-9-20(12-17)18(2)29-28-23-13-21(10-11-24(23)30-19(3)31-28)25-14-22(35-6)15-26-32-27(33(4)5)16-34(25)26/h7-16,18H,1-6H3,(H,29,30,31). The van der Waals surface area contributed by atoms with E-state index in [2.05, 4.69) is 71.0 Å². The molecule has 35 heavy (non-hydrogen) atoms. The second kappa shape index (κ2) is 8.91. The Labute approximate surface area is 205 Å². The largest absolute Gasteiger partial charge is 0.497 e. The van der Waals surface area contributed by atoms with Crippen LogP contribution in [-0.4, -0.2) is 40.6 Å². The summed E-state index contributed by atoms with van der Waals surface area (Å²) >= 11 is 0. The zero-order valence-electron chi connectivity index (χ0n) is 21.0. The first-order chi connectivity index (χ1) is 16.8. The zero-order valence-corrected chi connectivity index (χ0v) is 21.0. The van der Waals surface area contributed by atoms with Crippen LogP contribution in [0.4, 0.5) is 11.6 Å². The molecule has 3 aromatic heterocycles. The Morgan fingerprint density at radius 3 is 2.54 bits per heavy atom. The van der Waals surface area contributed by atoms with E-state index < -0.39 is 0 Å². The number of methoxy groups -OCH3 is 1. The van der Waals surface area contributed by atoms with Crippen molar-refractivity contribution in [2.75, 3.05) is 31.4 Å². The molecule has 0 radical (unpaired) electrons. The summed E-state index contributed by atoms with van der Waals surface area (Å²) in [7, 11) is 5.65. The van der Waals surface area contributed by atoms with Crippen LogP contribution in [0.5, 0.6) is 5.75 Å². The maximum atomic E-state index is 5.59. The van der Waals surface area contributed by atoms with E-state index in [0.29, 0.717) is 0 Å². The van der Waals surface area contributed by atoms with Crippen LogP contribution in [0, 0.1) is 13.8 Å². The molecule has 0 saturated carbocycles. The molecule has 7 heteroatoms. The van der Waals surface area contributed by atoms with Gasteiger partial charge < -0.3 is 15.0 Å². The van der Waals surface area contributed by atoms with E-state index >= 15 is 0 Å². The van der Waals surface area contributed by atoms with Crippen LogP contribution in [0.25, 0.3) is 27.8 Å². The van der Waals surface area contributed by atoms with E-state index in [1.807, 2.05) is 44.2 Å². The van der Waals surface area contributed by atoms with Gasteiger partial charge in [0.2, 0.25) is 0 Å². The van der Waals surface area contributed by atoms with Gasteiger partial charge in [0, 0.05) is 37.7 Å². The fourth-order valence-electron chi connectivity index (χ4n) is 4.35. The molecule has 0 fully saturated rings. The third-order valence-corrected chi connectivity index (χ3v) is 6.22. The third-order valence-electron chi connectivity index (χ3n) is 6.22. The quantitative estimate of drug-likeness (QED) is 0.341. The van der Waals surface area contributed by atoms with E-state index in [1.54, 1.807) is 7.11 Å². The molecule has 0 saturated heterocycles. The number of nitrogens with one attached hydrogen (secondary N) is 1. The summed E-state index contributed by atoms with van der Waals surface area (Å²) in [6.45, 7) is 6.19. The molecule has 2 aromatic carbocycles. The molecule has 5 aromatic rings. The summed E-state index contributed by atoms with van der Waals surface area (Å²) in [4.78, 5) is 16.2. The van der Waals surface area contributed by atoms with Crippen molar-refractivity contribution in [3.05, 3.63) is 77.7 Å². The van der Waals surface area contributed by atoms with Crippen LogP contribution in [-0.2, 0) is 0 Å². The number of aryl methyl sites for hydroxylation is 2. The number of rotatable bonds is 6. The fourth-order valence-corrected chi connectivity index (χ4v) is 4.35. The van der Waals surface area contributed by atoms with E-state index in [9.17, 15) is 0 Å². The minimum Gasteiger partial charge on any atom is -0.497 e. The number of ether oxygens (including phenoxy) is 1. The van der Waals surface area contributed by atoms with E-state index in [0.717, 1.165) is 51.0 Å². The molecule has 1 atom stereocenters. The molecule has 5 rings (SSSR count). The molecule has 1 unspecified atom stereocenters. The van der Waals surface area contributed by atoms with Crippen LogP contribution in [0.2, 0.25) is 0 Å². The predicted molar refractivity (Wildman–Crippen MR) is 143 cm³/mol. The Balaban J connectivity index is 1.64. The fraction of sp³-hybridized carbons (Fsp3) is 0.250. The van der Waals surface area contributed by atoms with Crippen molar-refractivity contribution < 1.29 is 4.74 Å². The monoisotopic (exact) mass is 466 g/mol. The SMILES string of the molecule is COc1cc(-c2ccc3nc(C)nc(NC(C)c4cccc(C)c4)c3c2)n2cc(N(C)C)nc2c1. The van der Waals surface area contributed by atoms with Crippen molar-refractivity contribution in [3.8, 4) is 17.0 Å². The van der Waals surface area contributed by atoms with Gasteiger partial charge in [0.05, 0.1) is 24.5 Å². The van der Waals surface area contributed by atoms with Crippen molar-refractivity contribution in [3.63, 3.8) is 0 Å². The molecular formula is C28H30N6O. The Bertz CT molecular complexity index is 1540. The van der Waals surface area contributed by atoms with Gasteiger partial charge in [0.25, 0.3) is 0 Å². The first-order valence-corrected chi connectivity index (χ1v) is 11.7. The number of aromatic nitrogens is 4. The van der Waals surface area contributed by atoms with Gasteiger partial charge in [-0.3, -0.25) is 4.40 Å². The Kier molecular flexibility index (Phi) is 5.76. The lowest BCUT2D eigenvalue weighted by Crippen LogP contribution is -2.10. The molecule has 0 aliphatic rings. The van der Waals surface area contributed by atoms with Crippen molar-refractivity contribution in [1.29, 1.82) is 0 Å². The minimum atomic E-state index is 0.0934. The highest BCUT2D eigenvalue weighted by molar-refractivity contribution is 5.93. The molecule has 0 aliphatic heterocycles. The lowest BCUT2D eigenvalue weighted by atomic mass is 10.0. The summed E-state index contributed by atoms with van der Waals surface area (Å²) in [6, 6.07) is 18.9. The maximum absolute atomic E-state index is 5.59. The van der Waals surface area contributed by atoms with Gasteiger partial charge in [0.15, 0.2) is 0 Å². The molecule has 1 N–H and O–H groups in total. The Morgan fingerprint density at radius 2 is 1.80 bits per heavy atom. The average molecular weight is 467 g/mol. The average Bonchev–Trinajstić information content (AvgIpc) is 3.28. The topological polar surface area (TPSA) is 67.6 Å². The van der Waals surface area contributed by atoms with Gasteiger partial charge in [-0.2, -0.15) is 0 Å². The van der Waals surface area contributed by atoms with Crippen molar-refractivity contribution in [2.24, 2.45) is 0 Å². The van der Waals surface area contributed by atoms with Crippen LogP contribution in [0.3, 0.4) is 0 Å². The lowest BCUT2D eigenvalue weighted by molar-refractivity contribution is 0.415.